The van der Waals surface area contributed by atoms with Crippen molar-refractivity contribution in [3.05, 3.63) is 47.8 Å². The molecule has 27 heavy (non-hydrogen) atoms. The van der Waals surface area contributed by atoms with E-state index in [1.54, 1.807) is 23.9 Å². The zero-order valence-corrected chi connectivity index (χ0v) is 14.8. The molecule has 142 valence electrons. The number of hydrogen-bond donors (Lipinski definition) is 1. The number of benzene rings is 1. The van der Waals surface area contributed by atoms with Gasteiger partial charge >= 0.3 is 6.36 Å². The Kier molecular flexibility index (Phi) is 4.77. The van der Waals surface area contributed by atoms with Crippen molar-refractivity contribution < 1.29 is 22.7 Å². The highest BCUT2D eigenvalue weighted by molar-refractivity contribution is 6.06. The Morgan fingerprint density at radius 3 is 2.67 bits per heavy atom. The summed E-state index contributed by atoms with van der Waals surface area (Å²) in [5.74, 6) is -0.896. The van der Waals surface area contributed by atoms with E-state index >= 15 is 0 Å². The molecule has 0 fully saturated rings. The van der Waals surface area contributed by atoms with E-state index in [9.17, 15) is 18.0 Å². The van der Waals surface area contributed by atoms with Crippen molar-refractivity contribution in [2.45, 2.75) is 33.2 Å². The summed E-state index contributed by atoms with van der Waals surface area (Å²) in [6.07, 6.45) is -3.18. The van der Waals surface area contributed by atoms with E-state index in [4.69, 9.17) is 0 Å². The summed E-state index contributed by atoms with van der Waals surface area (Å²) in [5, 5.41) is 7.53. The molecule has 9 heteroatoms. The first kappa shape index (κ1) is 18.7. The first-order valence-corrected chi connectivity index (χ1v) is 8.16. The fourth-order valence-electron chi connectivity index (χ4n) is 2.64. The van der Waals surface area contributed by atoms with Crippen molar-refractivity contribution in [1.29, 1.82) is 0 Å². The molecule has 0 spiro atoms. The van der Waals surface area contributed by atoms with Gasteiger partial charge in [0.05, 0.1) is 17.5 Å². The van der Waals surface area contributed by atoms with Gasteiger partial charge in [-0.15, -0.1) is 13.2 Å². The number of pyridine rings is 1. The number of amides is 1. The molecule has 0 saturated heterocycles. The zero-order chi connectivity index (χ0) is 19.8. The van der Waals surface area contributed by atoms with E-state index < -0.39 is 18.0 Å². The summed E-state index contributed by atoms with van der Waals surface area (Å²) < 4.78 is 42.6. The molecule has 0 atom stereocenters. The molecule has 0 unspecified atom stereocenters. The van der Waals surface area contributed by atoms with Crippen LogP contribution in [0.1, 0.15) is 35.9 Å². The predicted molar refractivity (Wildman–Crippen MR) is 93.7 cm³/mol. The van der Waals surface area contributed by atoms with Gasteiger partial charge in [0, 0.05) is 23.2 Å². The van der Waals surface area contributed by atoms with Crippen LogP contribution in [0.25, 0.3) is 11.0 Å². The van der Waals surface area contributed by atoms with Crippen molar-refractivity contribution in [3.8, 4) is 5.75 Å². The zero-order valence-electron chi connectivity index (χ0n) is 14.8. The second kappa shape index (κ2) is 6.90. The summed E-state index contributed by atoms with van der Waals surface area (Å²) in [7, 11) is 0. The predicted octanol–water partition coefficient (Wildman–Crippen LogP) is 4.47. The van der Waals surface area contributed by atoms with Gasteiger partial charge in [0.25, 0.3) is 5.91 Å². The van der Waals surface area contributed by atoms with Crippen LogP contribution in [-0.4, -0.2) is 27.0 Å². The van der Waals surface area contributed by atoms with E-state index in [0.29, 0.717) is 22.3 Å². The summed E-state index contributed by atoms with van der Waals surface area (Å²) in [5.41, 5.74) is 1.65. The van der Waals surface area contributed by atoms with Gasteiger partial charge in [-0.2, -0.15) is 5.10 Å². The number of rotatable bonds is 4. The Labute approximate surface area is 153 Å². The monoisotopic (exact) mass is 378 g/mol. The van der Waals surface area contributed by atoms with Crippen LogP contribution in [0.2, 0.25) is 0 Å². The molecule has 0 bridgehead atoms. The van der Waals surface area contributed by atoms with Crippen LogP contribution in [0.3, 0.4) is 0 Å². The van der Waals surface area contributed by atoms with Gasteiger partial charge in [-0.1, -0.05) is 6.07 Å². The van der Waals surface area contributed by atoms with Crippen LogP contribution in [0.5, 0.6) is 5.75 Å². The van der Waals surface area contributed by atoms with Gasteiger partial charge in [-0.25, -0.2) is 9.67 Å². The minimum Gasteiger partial charge on any atom is -0.406 e. The van der Waals surface area contributed by atoms with Crippen molar-refractivity contribution in [3.63, 3.8) is 0 Å². The summed E-state index contributed by atoms with van der Waals surface area (Å²) >= 11 is 0. The summed E-state index contributed by atoms with van der Waals surface area (Å²) in [6, 6.07) is 6.86. The number of alkyl halides is 3. The fraction of sp³-hybridized carbons (Fsp3) is 0.278. The number of aryl methyl sites for hydroxylation is 1. The summed E-state index contributed by atoms with van der Waals surface area (Å²) in [6.45, 7) is 5.63. The molecule has 0 aliphatic rings. The van der Waals surface area contributed by atoms with Gasteiger partial charge in [0.2, 0.25) is 0 Å². The Morgan fingerprint density at radius 1 is 1.26 bits per heavy atom. The largest absolute Gasteiger partial charge is 0.573 e. The Bertz CT molecular complexity index is 996. The third kappa shape index (κ3) is 4.18. The number of hydrogen-bond acceptors (Lipinski definition) is 4. The highest BCUT2D eigenvalue weighted by Gasteiger charge is 2.31. The second-order valence-electron chi connectivity index (χ2n) is 6.25. The van der Waals surface area contributed by atoms with Gasteiger partial charge in [-0.05, 0) is 39.0 Å². The van der Waals surface area contributed by atoms with Crippen molar-refractivity contribution in [2.24, 2.45) is 0 Å². The fourth-order valence-corrected chi connectivity index (χ4v) is 2.64. The maximum absolute atomic E-state index is 12.6. The molecule has 1 amide bonds. The average Bonchev–Trinajstić information content (AvgIpc) is 2.95. The first-order chi connectivity index (χ1) is 12.6. The van der Waals surface area contributed by atoms with Gasteiger partial charge in [-0.3, -0.25) is 4.79 Å². The standard InChI is InChI=1S/C18H17F3N4O2/c1-10(2)25-16-12(9-22-25)7-15(11(3)23-16)17(26)24-13-5-4-6-14(8-13)27-18(19,20)21/h4-10H,1-3H3,(H,24,26). The van der Waals surface area contributed by atoms with Crippen LogP contribution in [-0.2, 0) is 0 Å². The SMILES string of the molecule is Cc1nc2c(cnn2C(C)C)cc1C(=O)Nc1cccc(OC(F)(F)F)c1. The molecule has 2 heterocycles. The smallest absolute Gasteiger partial charge is 0.406 e. The van der Waals surface area contributed by atoms with Gasteiger partial charge in [0.15, 0.2) is 5.65 Å². The number of aromatic nitrogens is 3. The van der Waals surface area contributed by atoms with E-state index in [1.165, 1.54) is 12.1 Å². The van der Waals surface area contributed by atoms with E-state index in [-0.39, 0.29) is 11.7 Å². The number of nitrogens with one attached hydrogen (secondary N) is 1. The van der Waals surface area contributed by atoms with Crippen molar-refractivity contribution in [2.75, 3.05) is 5.32 Å². The topological polar surface area (TPSA) is 69.0 Å². The molecule has 0 radical (unpaired) electrons. The Hall–Kier alpha value is -3.10. The average molecular weight is 378 g/mol. The van der Waals surface area contributed by atoms with Crippen LogP contribution >= 0.6 is 0 Å². The van der Waals surface area contributed by atoms with E-state index in [1.807, 2.05) is 13.8 Å². The number of halogens is 3. The van der Waals surface area contributed by atoms with Crippen LogP contribution in [0, 0.1) is 6.92 Å². The minimum atomic E-state index is -4.80. The highest BCUT2D eigenvalue weighted by atomic mass is 19.4. The number of carbonyl (C=O) groups excluding carboxylic acids is 1. The lowest BCUT2D eigenvalue weighted by Crippen LogP contribution is -2.18. The first-order valence-electron chi connectivity index (χ1n) is 8.16. The molecule has 0 aliphatic heterocycles. The van der Waals surface area contributed by atoms with Gasteiger partial charge in [0.1, 0.15) is 5.75 Å². The number of fused-ring (bicyclic) bond motifs is 1. The van der Waals surface area contributed by atoms with Crippen molar-refractivity contribution in [1.82, 2.24) is 14.8 Å². The molecule has 0 saturated carbocycles. The lowest BCUT2D eigenvalue weighted by atomic mass is 10.1. The normalized spacial score (nSPS) is 11.8. The van der Waals surface area contributed by atoms with E-state index in [2.05, 4.69) is 20.1 Å². The van der Waals surface area contributed by atoms with E-state index in [0.717, 1.165) is 12.1 Å². The highest BCUT2D eigenvalue weighted by Crippen LogP contribution is 2.26. The van der Waals surface area contributed by atoms with Crippen molar-refractivity contribution >= 4 is 22.6 Å². The molecule has 3 rings (SSSR count). The van der Waals surface area contributed by atoms with Crippen LogP contribution in [0.4, 0.5) is 18.9 Å². The maximum Gasteiger partial charge on any atom is 0.573 e. The molecule has 1 N–H and O–H groups in total. The number of nitrogens with zero attached hydrogens (tertiary/aromatic N) is 3. The molecular formula is C18H17F3N4O2. The molecule has 3 aromatic rings. The quantitative estimate of drug-likeness (QED) is 0.727. The number of ether oxygens (including phenoxy) is 1. The second-order valence-corrected chi connectivity index (χ2v) is 6.25. The maximum atomic E-state index is 12.6. The molecule has 6 nitrogen and oxygen atoms in total. The summed E-state index contributed by atoms with van der Waals surface area (Å²) in [4.78, 5) is 17.0. The number of anilines is 1. The number of carbonyl (C=O) groups is 1. The van der Waals surface area contributed by atoms with Crippen LogP contribution in [0.15, 0.2) is 36.5 Å². The molecule has 2 aromatic heterocycles. The minimum absolute atomic E-state index is 0.116. The Balaban J connectivity index is 1.86. The third-order valence-electron chi connectivity index (χ3n) is 3.82. The third-order valence-corrected chi connectivity index (χ3v) is 3.82. The Morgan fingerprint density at radius 2 is 2.00 bits per heavy atom. The van der Waals surface area contributed by atoms with Gasteiger partial charge < -0.3 is 10.1 Å². The van der Waals surface area contributed by atoms with Crippen LogP contribution < -0.4 is 10.1 Å². The lowest BCUT2D eigenvalue weighted by Gasteiger charge is -2.12. The molecule has 1 aromatic carbocycles. The molecule has 0 aliphatic carbocycles. The molecular weight excluding hydrogens is 361 g/mol. The lowest BCUT2D eigenvalue weighted by molar-refractivity contribution is -0.274.